The minimum absolute atomic E-state index is 0.203. The summed E-state index contributed by atoms with van der Waals surface area (Å²) < 4.78 is 5.19. The first-order valence-corrected chi connectivity index (χ1v) is 7.57. The van der Waals surface area contributed by atoms with Crippen molar-refractivity contribution in [1.82, 2.24) is 4.98 Å². The first-order valence-electron chi connectivity index (χ1n) is 6.76. The molecule has 0 saturated carbocycles. The number of ether oxygens (including phenoxy) is 1. The average Bonchev–Trinajstić information content (AvgIpc) is 2.87. The number of rotatable bonds is 4. The molecule has 112 valence electrons. The Labute approximate surface area is 132 Å². The zero-order valence-corrected chi connectivity index (χ0v) is 13.0. The summed E-state index contributed by atoms with van der Waals surface area (Å²) in [6.45, 7) is 2.02. The number of methoxy groups -OCH3 is 1. The smallest absolute Gasteiger partial charge is 0.353 e. The number of aromatic carboxylic acids is 1. The van der Waals surface area contributed by atoms with E-state index in [2.05, 4.69) is 4.98 Å². The lowest BCUT2D eigenvalue weighted by atomic mass is 10.2. The topological polar surface area (TPSA) is 62.3 Å². The Balaban J connectivity index is 2.11. The third kappa shape index (κ3) is 2.67. The van der Waals surface area contributed by atoms with E-state index in [4.69, 9.17) is 4.74 Å². The van der Waals surface area contributed by atoms with Crippen molar-refractivity contribution in [1.29, 1.82) is 0 Å². The van der Waals surface area contributed by atoms with E-state index in [1.165, 1.54) is 17.3 Å². The molecule has 22 heavy (non-hydrogen) atoms. The van der Waals surface area contributed by atoms with E-state index in [9.17, 15) is 9.90 Å². The van der Waals surface area contributed by atoms with E-state index < -0.39 is 5.97 Å². The van der Waals surface area contributed by atoms with Crippen molar-refractivity contribution in [2.24, 2.45) is 0 Å². The maximum Gasteiger partial charge on any atom is 0.353 e. The second-order valence-electron chi connectivity index (χ2n) is 4.96. The monoisotopic (exact) mass is 313 g/mol. The van der Waals surface area contributed by atoms with Crippen LogP contribution in [0.4, 0.5) is 0 Å². The molecule has 0 aliphatic carbocycles. The minimum Gasteiger partial charge on any atom is -0.497 e. The summed E-state index contributed by atoms with van der Waals surface area (Å²) in [5.41, 5.74) is 2.13. The summed E-state index contributed by atoms with van der Waals surface area (Å²) in [5.74, 6) is -0.276. The van der Waals surface area contributed by atoms with Crippen LogP contribution in [0.3, 0.4) is 0 Å². The van der Waals surface area contributed by atoms with Gasteiger partial charge in [0.15, 0.2) is 0 Å². The van der Waals surface area contributed by atoms with Crippen molar-refractivity contribution < 1.29 is 14.6 Å². The standard InChI is InChI=1S/C17H15NO3S/c1-10-3-6-12(7-4-10)22-16-13-8-5-11(21-2)9-14(13)18-15(16)17(19)20/h3-9,18H,1-2H3,(H,19,20). The Bertz CT molecular complexity index is 837. The fourth-order valence-electron chi connectivity index (χ4n) is 2.26. The Morgan fingerprint density at radius 2 is 1.91 bits per heavy atom. The molecule has 0 aliphatic heterocycles. The number of carboxylic acid groups (broad SMARTS) is 1. The highest BCUT2D eigenvalue weighted by Gasteiger charge is 2.18. The van der Waals surface area contributed by atoms with Crippen LogP contribution in [0.5, 0.6) is 5.75 Å². The van der Waals surface area contributed by atoms with Crippen LogP contribution in [0.25, 0.3) is 10.9 Å². The number of aromatic nitrogens is 1. The molecule has 0 amide bonds. The molecule has 0 spiro atoms. The van der Waals surface area contributed by atoms with Gasteiger partial charge in [-0.15, -0.1) is 0 Å². The van der Waals surface area contributed by atoms with Gasteiger partial charge in [-0.25, -0.2) is 4.79 Å². The molecular formula is C17H15NO3S. The highest BCUT2D eigenvalue weighted by Crippen LogP contribution is 2.37. The van der Waals surface area contributed by atoms with E-state index in [1.807, 2.05) is 43.3 Å². The summed E-state index contributed by atoms with van der Waals surface area (Å²) in [6.07, 6.45) is 0. The zero-order chi connectivity index (χ0) is 15.7. The van der Waals surface area contributed by atoms with E-state index in [1.54, 1.807) is 13.2 Å². The summed E-state index contributed by atoms with van der Waals surface area (Å²) in [6, 6.07) is 13.5. The van der Waals surface area contributed by atoms with Gasteiger partial charge in [0.1, 0.15) is 11.4 Å². The van der Waals surface area contributed by atoms with Gasteiger partial charge >= 0.3 is 5.97 Å². The highest BCUT2D eigenvalue weighted by molar-refractivity contribution is 7.99. The number of fused-ring (bicyclic) bond motifs is 1. The Hall–Kier alpha value is -2.40. The zero-order valence-electron chi connectivity index (χ0n) is 12.2. The van der Waals surface area contributed by atoms with E-state index in [0.717, 1.165) is 15.8 Å². The third-order valence-corrected chi connectivity index (χ3v) is 4.55. The normalized spacial score (nSPS) is 10.8. The number of H-pyrrole nitrogens is 1. The Kier molecular flexibility index (Phi) is 3.81. The number of nitrogens with one attached hydrogen (secondary N) is 1. The molecule has 0 radical (unpaired) electrons. The highest BCUT2D eigenvalue weighted by atomic mass is 32.2. The first-order chi connectivity index (χ1) is 10.6. The van der Waals surface area contributed by atoms with Gasteiger partial charge in [-0.1, -0.05) is 29.5 Å². The summed E-state index contributed by atoms with van der Waals surface area (Å²) in [4.78, 5) is 16.2. The van der Waals surface area contributed by atoms with Gasteiger partial charge < -0.3 is 14.8 Å². The number of carboxylic acids is 1. The van der Waals surface area contributed by atoms with Crippen molar-refractivity contribution in [2.75, 3.05) is 7.11 Å². The molecule has 5 heteroatoms. The molecule has 2 N–H and O–H groups in total. The number of hydrogen-bond donors (Lipinski definition) is 2. The number of aryl methyl sites for hydroxylation is 1. The molecule has 0 aliphatic rings. The van der Waals surface area contributed by atoms with Crippen molar-refractivity contribution in [3.8, 4) is 5.75 Å². The maximum absolute atomic E-state index is 11.5. The van der Waals surface area contributed by atoms with Crippen LogP contribution in [0, 0.1) is 6.92 Å². The first kappa shape index (κ1) is 14.5. The molecule has 3 rings (SSSR count). The SMILES string of the molecule is COc1ccc2c(Sc3ccc(C)cc3)c(C(=O)O)[nH]c2c1. The average molecular weight is 313 g/mol. The number of carbonyl (C=O) groups is 1. The van der Waals surface area contributed by atoms with Crippen molar-refractivity contribution in [2.45, 2.75) is 16.7 Å². The number of hydrogen-bond acceptors (Lipinski definition) is 3. The summed E-state index contributed by atoms with van der Waals surface area (Å²) in [7, 11) is 1.59. The van der Waals surface area contributed by atoms with E-state index in [0.29, 0.717) is 10.6 Å². The second-order valence-corrected chi connectivity index (χ2v) is 6.04. The van der Waals surface area contributed by atoms with E-state index in [-0.39, 0.29) is 5.69 Å². The van der Waals surface area contributed by atoms with Crippen LogP contribution in [0.2, 0.25) is 0 Å². The van der Waals surface area contributed by atoms with Gasteiger partial charge in [-0.05, 0) is 31.2 Å². The van der Waals surface area contributed by atoms with Crippen LogP contribution in [-0.2, 0) is 0 Å². The van der Waals surface area contributed by atoms with Crippen molar-refractivity contribution >= 4 is 28.6 Å². The quantitative estimate of drug-likeness (QED) is 0.752. The number of aromatic amines is 1. The van der Waals surface area contributed by atoms with Crippen LogP contribution in [-0.4, -0.2) is 23.2 Å². The van der Waals surface area contributed by atoms with Crippen LogP contribution >= 0.6 is 11.8 Å². The summed E-state index contributed by atoms with van der Waals surface area (Å²) >= 11 is 1.45. The molecule has 1 heterocycles. The lowest BCUT2D eigenvalue weighted by Gasteiger charge is -2.03. The molecule has 0 bridgehead atoms. The van der Waals surface area contributed by atoms with Crippen LogP contribution in [0.1, 0.15) is 16.1 Å². The molecular weight excluding hydrogens is 298 g/mol. The van der Waals surface area contributed by atoms with Crippen LogP contribution in [0.15, 0.2) is 52.3 Å². The maximum atomic E-state index is 11.5. The van der Waals surface area contributed by atoms with E-state index >= 15 is 0 Å². The molecule has 0 saturated heterocycles. The Morgan fingerprint density at radius 3 is 2.55 bits per heavy atom. The minimum atomic E-state index is -0.968. The second kappa shape index (κ2) is 5.77. The van der Waals surface area contributed by atoms with Gasteiger partial charge in [0.2, 0.25) is 0 Å². The molecule has 2 aromatic carbocycles. The van der Waals surface area contributed by atoms with Gasteiger partial charge in [-0.3, -0.25) is 0 Å². The van der Waals surface area contributed by atoms with Gasteiger partial charge in [0.05, 0.1) is 17.5 Å². The predicted molar refractivity (Wildman–Crippen MR) is 87.1 cm³/mol. The molecule has 1 aromatic heterocycles. The largest absolute Gasteiger partial charge is 0.497 e. The predicted octanol–water partition coefficient (Wildman–Crippen LogP) is 4.33. The van der Waals surface area contributed by atoms with Crippen molar-refractivity contribution in [3.63, 3.8) is 0 Å². The summed E-state index contributed by atoms with van der Waals surface area (Å²) in [5, 5.41) is 10.3. The fraction of sp³-hybridized carbons (Fsp3) is 0.118. The number of benzene rings is 2. The fourth-order valence-corrected chi connectivity index (χ4v) is 3.29. The molecule has 0 unspecified atom stereocenters. The lowest BCUT2D eigenvalue weighted by molar-refractivity contribution is 0.0688. The van der Waals surface area contributed by atoms with Crippen molar-refractivity contribution in [3.05, 3.63) is 53.7 Å². The molecule has 0 fully saturated rings. The lowest BCUT2D eigenvalue weighted by Crippen LogP contribution is -1.97. The van der Waals surface area contributed by atoms with Gasteiger partial charge in [-0.2, -0.15) is 0 Å². The van der Waals surface area contributed by atoms with Crippen LogP contribution < -0.4 is 4.74 Å². The molecule has 3 aromatic rings. The molecule has 0 atom stereocenters. The molecule has 4 nitrogen and oxygen atoms in total. The third-order valence-electron chi connectivity index (χ3n) is 3.41. The van der Waals surface area contributed by atoms with Gasteiger partial charge in [0.25, 0.3) is 0 Å². The Morgan fingerprint density at radius 1 is 1.18 bits per heavy atom. The van der Waals surface area contributed by atoms with Gasteiger partial charge in [0, 0.05) is 16.3 Å².